The molecule has 17 heavy (non-hydrogen) atoms. The summed E-state index contributed by atoms with van der Waals surface area (Å²) in [5.74, 6) is -1.13. The van der Waals surface area contributed by atoms with Gasteiger partial charge >= 0.3 is 0 Å². The number of hydrogen-bond donors (Lipinski definition) is 2. The molecule has 0 spiro atoms. The minimum atomic E-state index is -0.721. The highest BCUT2D eigenvalue weighted by Crippen LogP contribution is 2.27. The van der Waals surface area contributed by atoms with Crippen molar-refractivity contribution in [2.75, 3.05) is 5.32 Å². The van der Waals surface area contributed by atoms with Gasteiger partial charge in [-0.15, -0.1) is 6.58 Å². The van der Waals surface area contributed by atoms with E-state index in [2.05, 4.69) is 11.9 Å². The van der Waals surface area contributed by atoms with E-state index in [4.69, 9.17) is 28.9 Å². The Balaban J connectivity index is 2.82. The van der Waals surface area contributed by atoms with Gasteiger partial charge in [-0.3, -0.25) is 4.79 Å². The largest absolute Gasteiger partial charge is 0.325 e. The van der Waals surface area contributed by atoms with Gasteiger partial charge in [-0.2, -0.15) is 0 Å². The molecule has 0 heterocycles. The van der Waals surface area contributed by atoms with Crippen LogP contribution in [0.25, 0.3) is 0 Å². The molecule has 0 saturated heterocycles. The van der Waals surface area contributed by atoms with Gasteiger partial charge in [0.2, 0.25) is 5.91 Å². The van der Waals surface area contributed by atoms with Crippen LogP contribution in [0.2, 0.25) is 10.0 Å². The number of nitrogens with one attached hydrogen (secondary N) is 1. The van der Waals surface area contributed by atoms with Crippen molar-refractivity contribution in [3.05, 3.63) is 40.7 Å². The number of rotatable bonds is 4. The summed E-state index contributed by atoms with van der Waals surface area (Å²) < 4.78 is 13.1. The number of halogens is 3. The van der Waals surface area contributed by atoms with E-state index in [0.717, 1.165) is 0 Å². The zero-order chi connectivity index (χ0) is 13.0. The fraction of sp³-hybridized carbons (Fsp3) is 0.182. The smallest absolute Gasteiger partial charge is 0.241 e. The summed E-state index contributed by atoms with van der Waals surface area (Å²) in [6.07, 6.45) is 1.88. The minimum Gasteiger partial charge on any atom is -0.325 e. The molecule has 0 radical (unpaired) electrons. The molecule has 1 aromatic carbocycles. The Labute approximate surface area is 108 Å². The van der Waals surface area contributed by atoms with Crippen LogP contribution in [-0.2, 0) is 4.79 Å². The highest BCUT2D eigenvalue weighted by Gasteiger charge is 2.14. The Kier molecular flexibility index (Phi) is 4.93. The quantitative estimate of drug-likeness (QED) is 0.656. The van der Waals surface area contributed by atoms with E-state index in [0.29, 0.717) is 12.1 Å². The van der Waals surface area contributed by atoms with Crippen LogP contribution in [0.4, 0.5) is 10.1 Å². The van der Waals surface area contributed by atoms with Crippen LogP contribution >= 0.6 is 23.2 Å². The molecule has 0 aliphatic heterocycles. The molecule has 6 heteroatoms. The van der Waals surface area contributed by atoms with E-state index in [1.807, 2.05) is 0 Å². The second kappa shape index (κ2) is 6.00. The monoisotopic (exact) mass is 276 g/mol. The van der Waals surface area contributed by atoms with Crippen molar-refractivity contribution in [1.82, 2.24) is 0 Å². The maximum atomic E-state index is 13.1. The third kappa shape index (κ3) is 3.70. The minimum absolute atomic E-state index is 0.162. The molecule has 0 aliphatic rings. The van der Waals surface area contributed by atoms with E-state index >= 15 is 0 Å². The molecule has 3 nitrogen and oxygen atoms in total. The molecule has 1 amide bonds. The molecular formula is C11H11Cl2FN2O. The number of benzene rings is 1. The summed E-state index contributed by atoms with van der Waals surface area (Å²) in [4.78, 5) is 11.5. The zero-order valence-electron chi connectivity index (χ0n) is 8.84. The highest BCUT2D eigenvalue weighted by molar-refractivity contribution is 6.35. The SMILES string of the molecule is C=CCC(N)C(=O)Nc1cc(Cl)c(F)c(Cl)c1. The summed E-state index contributed by atoms with van der Waals surface area (Å²) in [7, 11) is 0. The average molecular weight is 277 g/mol. The van der Waals surface area contributed by atoms with Crippen LogP contribution in [0.5, 0.6) is 0 Å². The lowest BCUT2D eigenvalue weighted by Gasteiger charge is -2.11. The Morgan fingerprint density at radius 3 is 2.53 bits per heavy atom. The molecular weight excluding hydrogens is 266 g/mol. The van der Waals surface area contributed by atoms with Crippen molar-refractivity contribution in [2.24, 2.45) is 5.73 Å². The molecule has 92 valence electrons. The number of anilines is 1. The van der Waals surface area contributed by atoms with Crippen LogP contribution in [0.15, 0.2) is 24.8 Å². The number of amides is 1. The summed E-state index contributed by atoms with van der Waals surface area (Å²) in [6, 6.07) is 1.82. The van der Waals surface area contributed by atoms with E-state index in [1.54, 1.807) is 0 Å². The molecule has 0 saturated carbocycles. The second-order valence-corrected chi connectivity index (χ2v) is 4.19. The first-order valence-corrected chi connectivity index (χ1v) is 5.53. The normalized spacial score (nSPS) is 12.0. The molecule has 1 unspecified atom stereocenters. The first-order valence-electron chi connectivity index (χ1n) is 4.77. The molecule has 0 bridgehead atoms. The third-order valence-electron chi connectivity index (χ3n) is 2.01. The van der Waals surface area contributed by atoms with Crippen LogP contribution in [-0.4, -0.2) is 11.9 Å². The predicted octanol–water partition coefficient (Wildman–Crippen LogP) is 2.97. The maximum Gasteiger partial charge on any atom is 0.241 e. The molecule has 0 aliphatic carbocycles. The van der Waals surface area contributed by atoms with Gasteiger partial charge in [-0.25, -0.2) is 4.39 Å². The van der Waals surface area contributed by atoms with Gasteiger partial charge in [0.15, 0.2) is 5.82 Å². The first-order chi connectivity index (χ1) is 7.95. The van der Waals surface area contributed by atoms with Gasteiger partial charge in [0, 0.05) is 5.69 Å². The Morgan fingerprint density at radius 2 is 2.06 bits per heavy atom. The molecule has 1 rings (SSSR count). The maximum absolute atomic E-state index is 13.1. The number of carbonyl (C=O) groups excluding carboxylic acids is 1. The van der Waals surface area contributed by atoms with Gasteiger partial charge in [-0.05, 0) is 18.6 Å². The number of carbonyl (C=O) groups is 1. The van der Waals surface area contributed by atoms with Gasteiger partial charge in [0.05, 0.1) is 16.1 Å². The lowest BCUT2D eigenvalue weighted by atomic mass is 10.2. The first kappa shape index (κ1) is 14.0. The Morgan fingerprint density at radius 1 is 1.53 bits per heavy atom. The fourth-order valence-corrected chi connectivity index (χ4v) is 1.64. The van der Waals surface area contributed by atoms with Crippen molar-refractivity contribution < 1.29 is 9.18 Å². The van der Waals surface area contributed by atoms with Crippen LogP contribution < -0.4 is 11.1 Å². The summed E-state index contributed by atoms with van der Waals surface area (Å²) in [6.45, 7) is 3.48. The molecule has 0 aromatic heterocycles. The predicted molar refractivity (Wildman–Crippen MR) is 67.8 cm³/mol. The zero-order valence-corrected chi connectivity index (χ0v) is 10.4. The van der Waals surface area contributed by atoms with Crippen molar-refractivity contribution in [3.63, 3.8) is 0 Å². The van der Waals surface area contributed by atoms with Crippen LogP contribution in [0.3, 0.4) is 0 Å². The highest BCUT2D eigenvalue weighted by atomic mass is 35.5. The van der Waals surface area contributed by atoms with Gasteiger partial charge in [0.1, 0.15) is 0 Å². The Hall–Kier alpha value is -1.10. The lowest BCUT2D eigenvalue weighted by molar-refractivity contribution is -0.117. The summed E-state index contributed by atoms with van der Waals surface area (Å²) in [5, 5.41) is 2.16. The van der Waals surface area contributed by atoms with Gasteiger partial charge in [0.25, 0.3) is 0 Å². The van der Waals surface area contributed by atoms with Crippen molar-refractivity contribution in [3.8, 4) is 0 Å². The molecule has 3 N–H and O–H groups in total. The van der Waals surface area contributed by atoms with E-state index < -0.39 is 17.8 Å². The lowest BCUT2D eigenvalue weighted by Crippen LogP contribution is -2.35. The fourth-order valence-electron chi connectivity index (χ4n) is 1.15. The molecule has 1 atom stereocenters. The van der Waals surface area contributed by atoms with E-state index in [1.165, 1.54) is 18.2 Å². The van der Waals surface area contributed by atoms with E-state index in [-0.39, 0.29) is 10.0 Å². The van der Waals surface area contributed by atoms with Gasteiger partial charge < -0.3 is 11.1 Å². The van der Waals surface area contributed by atoms with Crippen molar-refractivity contribution in [1.29, 1.82) is 0 Å². The summed E-state index contributed by atoms with van der Waals surface area (Å²) in [5.41, 5.74) is 5.86. The van der Waals surface area contributed by atoms with Crippen molar-refractivity contribution >= 4 is 34.8 Å². The molecule has 0 fully saturated rings. The van der Waals surface area contributed by atoms with Crippen LogP contribution in [0, 0.1) is 5.82 Å². The second-order valence-electron chi connectivity index (χ2n) is 3.37. The third-order valence-corrected chi connectivity index (χ3v) is 2.56. The number of nitrogens with two attached hydrogens (primary N) is 1. The summed E-state index contributed by atoms with van der Waals surface area (Å²) >= 11 is 11.2. The van der Waals surface area contributed by atoms with Crippen molar-refractivity contribution in [2.45, 2.75) is 12.5 Å². The Bertz CT molecular complexity index is 428. The van der Waals surface area contributed by atoms with E-state index in [9.17, 15) is 9.18 Å². The average Bonchev–Trinajstić information content (AvgIpc) is 2.26. The number of hydrogen-bond acceptors (Lipinski definition) is 2. The molecule has 1 aromatic rings. The topological polar surface area (TPSA) is 55.1 Å². The van der Waals surface area contributed by atoms with Crippen LogP contribution in [0.1, 0.15) is 6.42 Å². The standard InChI is InChI=1S/C11H11Cl2FN2O/c1-2-3-9(15)11(17)16-6-4-7(12)10(14)8(13)5-6/h2,4-5,9H,1,3,15H2,(H,16,17). The van der Waals surface area contributed by atoms with Gasteiger partial charge in [-0.1, -0.05) is 29.3 Å².